The van der Waals surface area contributed by atoms with E-state index in [1.807, 2.05) is 0 Å². The molecule has 1 atom stereocenters. The fraction of sp³-hybridized carbons (Fsp3) is 0.350. The Hall–Kier alpha value is -2.25. The number of nitrogens with one attached hydrogen (secondary N) is 1. The van der Waals surface area contributed by atoms with Gasteiger partial charge in [0.25, 0.3) is 5.91 Å². The second-order valence-electron chi connectivity index (χ2n) is 6.63. The van der Waals surface area contributed by atoms with Crippen LogP contribution < -0.4 is 10.1 Å². The lowest BCUT2D eigenvalue weighted by Crippen LogP contribution is -2.38. The third-order valence-corrected chi connectivity index (χ3v) is 4.82. The molecule has 150 valence electrons. The summed E-state index contributed by atoms with van der Waals surface area (Å²) in [5.74, 6) is 0.440. The highest BCUT2D eigenvalue weighted by molar-refractivity contribution is 6.21. The van der Waals surface area contributed by atoms with Crippen molar-refractivity contribution < 1.29 is 22.7 Å². The lowest BCUT2D eigenvalue weighted by Gasteiger charge is -2.18. The number of ether oxygens (including phenoxy) is 1. The first-order chi connectivity index (χ1) is 13.3. The van der Waals surface area contributed by atoms with Gasteiger partial charge in [-0.05, 0) is 54.8 Å². The number of hydrogen-bond acceptors (Lipinski definition) is 3. The molecular formula is C20H20ClF3N2O2. The minimum absolute atomic E-state index is 0.137. The average Bonchev–Trinajstić information content (AvgIpc) is 3.21. The van der Waals surface area contributed by atoms with Gasteiger partial charge >= 0.3 is 6.18 Å². The van der Waals surface area contributed by atoms with Crippen LogP contribution in [0.5, 0.6) is 5.75 Å². The quantitative estimate of drug-likeness (QED) is 0.709. The van der Waals surface area contributed by atoms with Crippen LogP contribution in [-0.4, -0.2) is 22.9 Å². The van der Waals surface area contributed by atoms with Crippen molar-refractivity contribution in [2.75, 3.05) is 6.54 Å². The molecular weight excluding hydrogens is 393 g/mol. The monoisotopic (exact) mass is 412 g/mol. The van der Waals surface area contributed by atoms with E-state index in [1.165, 1.54) is 16.6 Å². The molecule has 1 aliphatic rings. The minimum atomic E-state index is -4.35. The molecule has 1 saturated heterocycles. The van der Waals surface area contributed by atoms with Crippen molar-refractivity contribution in [1.29, 1.82) is 0 Å². The highest BCUT2D eigenvalue weighted by atomic mass is 35.5. The predicted octanol–water partition coefficient (Wildman–Crippen LogP) is 4.52. The molecule has 0 spiro atoms. The van der Waals surface area contributed by atoms with Gasteiger partial charge in [-0.15, -0.1) is 0 Å². The molecule has 0 aliphatic carbocycles. The number of benzene rings is 2. The van der Waals surface area contributed by atoms with Gasteiger partial charge in [0, 0.05) is 11.8 Å². The zero-order chi connectivity index (χ0) is 20.1. The molecule has 2 aromatic rings. The molecule has 0 unspecified atom stereocenters. The number of carbonyl (C=O) groups excluding carboxylic acids is 1. The van der Waals surface area contributed by atoms with Gasteiger partial charge in [0.05, 0.1) is 18.2 Å². The average molecular weight is 413 g/mol. The van der Waals surface area contributed by atoms with Crippen LogP contribution in [0.3, 0.4) is 0 Å². The molecule has 1 heterocycles. The number of amides is 1. The molecule has 3 rings (SSSR count). The van der Waals surface area contributed by atoms with Crippen molar-refractivity contribution in [1.82, 2.24) is 9.74 Å². The lowest BCUT2D eigenvalue weighted by atomic mass is 10.1. The maximum Gasteiger partial charge on any atom is 0.416 e. The van der Waals surface area contributed by atoms with Crippen LogP contribution in [0, 0.1) is 0 Å². The van der Waals surface area contributed by atoms with Crippen LogP contribution in [0.15, 0.2) is 48.5 Å². The Bertz CT molecular complexity index is 789. The highest BCUT2D eigenvalue weighted by Crippen LogP contribution is 2.29. The van der Waals surface area contributed by atoms with Gasteiger partial charge < -0.3 is 10.1 Å². The van der Waals surface area contributed by atoms with Crippen molar-refractivity contribution in [3.05, 3.63) is 65.2 Å². The highest BCUT2D eigenvalue weighted by Gasteiger charge is 2.30. The number of hydrogen-bond donors (Lipinski definition) is 1. The summed E-state index contributed by atoms with van der Waals surface area (Å²) in [7, 11) is 0. The van der Waals surface area contributed by atoms with Gasteiger partial charge in [-0.2, -0.15) is 13.2 Å². The Balaban J connectivity index is 1.51. The first-order valence-corrected chi connectivity index (χ1v) is 9.25. The summed E-state index contributed by atoms with van der Waals surface area (Å²) < 4.78 is 44.5. The molecule has 0 radical (unpaired) electrons. The fourth-order valence-electron chi connectivity index (χ4n) is 2.95. The molecule has 0 bridgehead atoms. The van der Waals surface area contributed by atoms with Gasteiger partial charge in [0.2, 0.25) is 0 Å². The Morgan fingerprint density at radius 1 is 1.11 bits per heavy atom. The summed E-state index contributed by atoms with van der Waals surface area (Å²) in [6, 6.07) is 11.7. The van der Waals surface area contributed by atoms with E-state index >= 15 is 0 Å². The summed E-state index contributed by atoms with van der Waals surface area (Å²) in [5, 5.41) is 3.12. The summed E-state index contributed by atoms with van der Waals surface area (Å²) in [4.78, 5) is 12.2. The van der Waals surface area contributed by atoms with Crippen molar-refractivity contribution in [3.63, 3.8) is 0 Å². The van der Waals surface area contributed by atoms with E-state index in [0.717, 1.165) is 37.1 Å². The number of nitrogens with zero attached hydrogens (tertiary/aromatic N) is 1. The van der Waals surface area contributed by atoms with Crippen LogP contribution in [0.1, 0.15) is 29.5 Å². The van der Waals surface area contributed by atoms with E-state index in [0.29, 0.717) is 11.3 Å². The lowest BCUT2D eigenvalue weighted by molar-refractivity contribution is -0.137. The van der Waals surface area contributed by atoms with Gasteiger partial charge in [0.15, 0.2) is 0 Å². The van der Waals surface area contributed by atoms with Gasteiger partial charge in [0.1, 0.15) is 12.4 Å². The van der Waals surface area contributed by atoms with Crippen LogP contribution in [-0.2, 0) is 24.1 Å². The minimum Gasteiger partial charge on any atom is -0.489 e. The van der Waals surface area contributed by atoms with Crippen molar-refractivity contribution >= 4 is 17.7 Å². The van der Waals surface area contributed by atoms with E-state index < -0.39 is 11.7 Å². The number of rotatable bonds is 6. The largest absolute Gasteiger partial charge is 0.489 e. The first kappa shape index (κ1) is 20.5. The molecule has 1 amide bonds. The SMILES string of the molecule is O=C([C@@H]1CCCN1)N(Cl)Cc1ccc(OCc2ccc(C(F)(F)F)cc2)cc1. The zero-order valence-corrected chi connectivity index (χ0v) is 15.8. The predicted molar refractivity (Wildman–Crippen MR) is 99.6 cm³/mol. The normalized spacial score (nSPS) is 16.8. The van der Waals surface area contributed by atoms with E-state index in [1.54, 1.807) is 24.3 Å². The third kappa shape index (κ3) is 5.39. The van der Waals surface area contributed by atoms with Crippen LogP contribution in [0.4, 0.5) is 13.2 Å². The number of carbonyl (C=O) groups is 1. The molecule has 4 nitrogen and oxygen atoms in total. The van der Waals surface area contributed by atoms with Gasteiger partial charge in [-0.1, -0.05) is 24.3 Å². The maximum absolute atomic E-state index is 12.6. The summed E-state index contributed by atoms with van der Waals surface area (Å²) in [5.41, 5.74) is 0.801. The Labute approximate surface area is 166 Å². The Morgan fingerprint density at radius 2 is 1.75 bits per heavy atom. The Morgan fingerprint density at radius 3 is 2.32 bits per heavy atom. The van der Waals surface area contributed by atoms with Gasteiger partial charge in [-0.25, -0.2) is 4.42 Å². The van der Waals surface area contributed by atoms with E-state index in [4.69, 9.17) is 16.5 Å². The topological polar surface area (TPSA) is 41.6 Å². The summed E-state index contributed by atoms with van der Waals surface area (Å²) in [6.45, 7) is 1.26. The number of alkyl halides is 3. The molecule has 2 aromatic carbocycles. The van der Waals surface area contributed by atoms with E-state index in [9.17, 15) is 18.0 Å². The van der Waals surface area contributed by atoms with Gasteiger partial charge in [-0.3, -0.25) is 4.79 Å². The van der Waals surface area contributed by atoms with E-state index in [-0.39, 0.29) is 25.1 Å². The van der Waals surface area contributed by atoms with Crippen LogP contribution in [0.25, 0.3) is 0 Å². The molecule has 1 fully saturated rings. The third-order valence-electron chi connectivity index (χ3n) is 4.53. The first-order valence-electron chi connectivity index (χ1n) is 8.91. The standard InChI is InChI=1S/C20H20ClF3N2O2/c21-26(19(27)18-2-1-11-25-18)12-14-5-9-17(10-6-14)28-13-15-3-7-16(8-4-15)20(22,23)24/h3-10,18,25H,1-2,11-13H2/t18-/m0/s1. The molecule has 0 saturated carbocycles. The number of halogens is 4. The summed E-state index contributed by atoms with van der Waals surface area (Å²) >= 11 is 6.10. The molecule has 28 heavy (non-hydrogen) atoms. The maximum atomic E-state index is 12.6. The van der Waals surface area contributed by atoms with Crippen LogP contribution in [0.2, 0.25) is 0 Å². The van der Waals surface area contributed by atoms with Crippen molar-refractivity contribution in [2.45, 2.75) is 38.2 Å². The second kappa shape index (κ2) is 8.84. The molecule has 0 aromatic heterocycles. The van der Waals surface area contributed by atoms with Crippen molar-refractivity contribution in [3.8, 4) is 5.75 Å². The molecule has 1 aliphatic heterocycles. The second-order valence-corrected chi connectivity index (χ2v) is 7.04. The summed E-state index contributed by atoms with van der Waals surface area (Å²) in [6.07, 6.45) is -2.59. The van der Waals surface area contributed by atoms with Crippen LogP contribution >= 0.6 is 11.8 Å². The van der Waals surface area contributed by atoms with E-state index in [2.05, 4.69) is 5.32 Å². The smallest absolute Gasteiger partial charge is 0.416 e. The molecule has 1 N–H and O–H groups in total. The fourth-order valence-corrected chi connectivity index (χ4v) is 3.21. The Kier molecular flexibility index (Phi) is 6.46. The van der Waals surface area contributed by atoms with Crippen molar-refractivity contribution in [2.24, 2.45) is 0 Å². The zero-order valence-electron chi connectivity index (χ0n) is 15.0. The molecule has 8 heteroatoms.